The Kier molecular flexibility index (Phi) is 4.84. The van der Waals surface area contributed by atoms with E-state index in [0.29, 0.717) is 12.5 Å². The lowest BCUT2D eigenvalue weighted by Crippen LogP contribution is -2.24. The fourth-order valence-corrected chi connectivity index (χ4v) is 2.59. The Labute approximate surface area is 111 Å². The molecule has 2 rings (SSSR count). The molecule has 1 aromatic heterocycles. The molecule has 1 aliphatic rings. The highest BCUT2D eigenvalue weighted by Crippen LogP contribution is 2.27. The SMILES string of the molecule is COC(CC(=O)O)Cn1nnnc1CC1CCCC1. The summed E-state index contributed by atoms with van der Waals surface area (Å²) < 4.78 is 6.84. The average Bonchev–Trinajstić information content (AvgIpc) is 3.01. The number of hydrogen-bond acceptors (Lipinski definition) is 5. The molecule has 0 spiro atoms. The summed E-state index contributed by atoms with van der Waals surface area (Å²) in [5, 5.41) is 20.5. The van der Waals surface area contributed by atoms with Gasteiger partial charge < -0.3 is 9.84 Å². The van der Waals surface area contributed by atoms with Crippen molar-refractivity contribution in [3.63, 3.8) is 0 Å². The van der Waals surface area contributed by atoms with Gasteiger partial charge in [0.05, 0.1) is 19.1 Å². The second-order valence-corrected chi connectivity index (χ2v) is 5.09. The maximum atomic E-state index is 10.7. The minimum atomic E-state index is -0.878. The molecule has 1 aliphatic carbocycles. The molecule has 0 aromatic carbocycles. The summed E-state index contributed by atoms with van der Waals surface area (Å²) in [6, 6.07) is 0. The first-order valence-electron chi connectivity index (χ1n) is 6.68. The zero-order chi connectivity index (χ0) is 13.7. The normalized spacial score (nSPS) is 17.7. The number of hydrogen-bond donors (Lipinski definition) is 1. The highest BCUT2D eigenvalue weighted by molar-refractivity contribution is 5.67. The molecule has 7 heteroatoms. The van der Waals surface area contributed by atoms with Crippen molar-refractivity contribution < 1.29 is 14.6 Å². The van der Waals surface area contributed by atoms with Gasteiger partial charge in [-0.2, -0.15) is 0 Å². The van der Waals surface area contributed by atoms with E-state index in [4.69, 9.17) is 9.84 Å². The number of aromatic nitrogens is 4. The van der Waals surface area contributed by atoms with Crippen molar-refractivity contribution in [2.75, 3.05) is 7.11 Å². The Bertz CT molecular complexity index is 415. The highest BCUT2D eigenvalue weighted by atomic mass is 16.5. The number of nitrogens with zero attached hydrogens (tertiary/aromatic N) is 4. The first-order valence-corrected chi connectivity index (χ1v) is 6.68. The first-order chi connectivity index (χ1) is 9.19. The number of ether oxygens (including phenoxy) is 1. The van der Waals surface area contributed by atoms with Crippen molar-refractivity contribution in [2.45, 2.75) is 51.2 Å². The molecule has 1 saturated carbocycles. The van der Waals surface area contributed by atoms with Crippen molar-refractivity contribution in [1.29, 1.82) is 0 Å². The standard InChI is InChI=1S/C12H20N4O3/c1-19-10(7-12(17)18)8-16-11(13-14-15-16)6-9-4-2-3-5-9/h9-10H,2-8H2,1H3,(H,17,18). The fourth-order valence-electron chi connectivity index (χ4n) is 2.59. The second kappa shape index (κ2) is 6.60. The summed E-state index contributed by atoms with van der Waals surface area (Å²) in [6.07, 6.45) is 5.46. The molecule has 0 bridgehead atoms. The van der Waals surface area contributed by atoms with E-state index in [1.165, 1.54) is 32.8 Å². The zero-order valence-corrected chi connectivity index (χ0v) is 11.2. The van der Waals surface area contributed by atoms with Crippen LogP contribution in [0.1, 0.15) is 37.9 Å². The van der Waals surface area contributed by atoms with E-state index in [1.54, 1.807) is 4.68 Å². The van der Waals surface area contributed by atoms with Gasteiger partial charge in [0.1, 0.15) is 0 Å². The van der Waals surface area contributed by atoms with E-state index in [2.05, 4.69) is 15.5 Å². The molecule has 0 amide bonds. The number of carboxylic acids is 1. The highest BCUT2D eigenvalue weighted by Gasteiger charge is 2.21. The van der Waals surface area contributed by atoms with Crippen LogP contribution in [-0.4, -0.2) is 44.5 Å². The molecule has 1 unspecified atom stereocenters. The van der Waals surface area contributed by atoms with Crippen LogP contribution < -0.4 is 0 Å². The van der Waals surface area contributed by atoms with E-state index in [1.807, 2.05) is 0 Å². The molecule has 0 saturated heterocycles. The van der Waals surface area contributed by atoms with Crippen molar-refractivity contribution in [3.05, 3.63) is 5.82 Å². The van der Waals surface area contributed by atoms with Gasteiger partial charge >= 0.3 is 5.97 Å². The summed E-state index contributed by atoms with van der Waals surface area (Å²) in [4.78, 5) is 10.7. The van der Waals surface area contributed by atoms with Gasteiger partial charge in [0.15, 0.2) is 5.82 Å². The van der Waals surface area contributed by atoms with Crippen molar-refractivity contribution in [1.82, 2.24) is 20.2 Å². The molecule has 1 atom stereocenters. The second-order valence-electron chi connectivity index (χ2n) is 5.09. The third kappa shape index (κ3) is 3.99. The molecular weight excluding hydrogens is 248 g/mol. The van der Waals surface area contributed by atoms with E-state index in [9.17, 15) is 4.79 Å². The minimum absolute atomic E-state index is 0.0424. The molecule has 1 aromatic rings. The number of rotatable bonds is 7. The summed E-state index contributed by atoms with van der Waals surface area (Å²) in [5.41, 5.74) is 0. The third-order valence-electron chi connectivity index (χ3n) is 3.66. The van der Waals surface area contributed by atoms with Gasteiger partial charge in [-0.25, -0.2) is 4.68 Å². The van der Waals surface area contributed by atoms with Crippen LogP contribution >= 0.6 is 0 Å². The van der Waals surface area contributed by atoms with E-state index in [-0.39, 0.29) is 6.42 Å². The molecule has 1 fully saturated rings. The molecule has 106 valence electrons. The molecular formula is C12H20N4O3. The Morgan fingerprint density at radius 1 is 1.53 bits per heavy atom. The molecule has 0 radical (unpaired) electrons. The van der Waals surface area contributed by atoms with Crippen LogP contribution in [0.15, 0.2) is 0 Å². The topological polar surface area (TPSA) is 90.1 Å². The fraction of sp³-hybridized carbons (Fsp3) is 0.833. The van der Waals surface area contributed by atoms with Crippen LogP contribution in [0, 0.1) is 5.92 Å². The Hall–Kier alpha value is -1.50. The van der Waals surface area contributed by atoms with Gasteiger partial charge in [-0.1, -0.05) is 25.7 Å². The van der Waals surface area contributed by atoms with Crippen LogP contribution in [-0.2, 0) is 22.5 Å². The Balaban J connectivity index is 1.95. The lowest BCUT2D eigenvalue weighted by molar-refractivity contribution is -0.140. The minimum Gasteiger partial charge on any atom is -0.481 e. The van der Waals surface area contributed by atoms with Crippen molar-refractivity contribution >= 4 is 5.97 Å². The van der Waals surface area contributed by atoms with Crippen LogP contribution in [0.4, 0.5) is 0 Å². The quantitative estimate of drug-likeness (QED) is 0.790. The average molecular weight is 268 g/mol. The number of carboxylic acid groups (broad SMARTS) is 1. The van der Waals surface area contributed by atoms with Crippen LogP contribution in [0.25, 0.3) is 0 Å². The molecule has 7 nitrogen and oxygen atoms in total. The van der Waals surface area contributed by atoms with Gasteiger partial charge in [0.2, 0.25) is 0 Å². The third-order valence-corrected chi connectivity index (χ3v) is 3.66. The lowest BCUT2D eigenvalue weighted by atomic mass is 10.0. The summed E-state index contributed by atoms with van der Waals surface area (Å²) in [7, 11) is 1.51. The number of aliphatic carboxylic acids is 1. The van der Waals surface area contributed by atoms with Gasteiger partial charge in [-0.3, -0.25) is 4.79 Å². The van der Waals surface area contributed by atoms with Crippen molar-refractivity contribution in [2.24, 2.45) is 5.92 Å². The number of carbonyl (C=O) groups is 1. The maximum Gasteiger partial charge on any atom is 0.306 e. The molecule has 19 heavy (non-hydrogen) atoms. The molecule has 1 heterocycles. The summed E-state index contributed by atoms with van der Waals surface area (Å²) in [5.74, 6) is 0.613. The predicted octanol–water partition coefficient (Wildman–Crippen LogP) is 0.895. The van der Waals surface area contributed by atoms with Gasteiger partial charge in [0, 0.05) is 13.5 Å². The predicted molar refractivity (Wildman–Crippen MR) is 66.5 cm³/mol. The van der Waals surface area contributed by atoms with Crippen LogP contribution in [0.3, 0.4) is 0 Å². The monoisotopic (exact) mass is 268 g/mol. The largest absolute Gasteiger partial charge is 0.481 e. The summed E-state index contributed by atoms with van der Waals surface area (Å²) >= 11 is 0. The first kappa shape index (κ1) is 13.9. The van der Waals surface area contributed by atoms with Gasteiger partial charge in [-0.05, 0) is 16.3 Å². The lowest BCUT2D eigenvalue weighted by Gasteiger charge is -2.14. The Morgan fingerprint density at radius 2 is 2.26 bits per heavy atom. The van der Waals surface area contributed by atoms with Crippen molar-refractivity contribution in [3.8, 4) is 0 Å². The molecule has 0 aliphatic heterocycles. The Morgan fingerprint density at radius 3 is 2.89 bits per heavy atom. The van der Waals surface area contributed by atoms with E-state index in [0.717, 1.165) is 12.2 Å². The summed E-state index contributed by atoms with van der Waals surface area (Å²) in [6.45, 7) is 0.387. The number of methoxy groups -OCH3 is 1. The number of tetrazole rings is 1. The van der Waals surface area contributed by atoms with Gasteiger partial charge in [0.25, 0.3) is 0 Å². The van der Waals surface area contributed by atoms with E-state index >= 15 is 0 Å². The zero-order valence-electron chi connectivity index (χ0n) is 11.2. The maximum absolute atomic E-state index is 10.7. The van der Waals surface area contributed by atoms with Crippen LogP contribution in [0.5, 0.6) is 0 Å². The van der Waals surface area contributed by atoms with Crippen LogP contribution in [0.2, 0.25) is 0 Å². The van der Waals surface area contributed by atoms with Gasteiger partial charge in [-0.15, -0.1) is 5.10 Å². The smallest absolute Gasteiger partial charge is 0.306 e. The van der Waals surface area contributed by atoms with E-state index < -0.39 is 12.1 Å². The molecule has 1 N–H and O–H groups in total.